The molecule has 542 valence electrons. The molecule has 1 aliphatic rings. The fraction of sp³-hybridized carbons (Fsp3) is 0.538. The van der Waals surface area contributed by atoms with Gasteiger partial charge in [0, 0.05) is 155 Å². The number of aromatic nitrogens is 4. The highest BCUT2D eigenvalue weighted by Gasteiger charge is 2.33. The first-order chi connectivity index (χ1) is 47.5. The number of amides is 8. The summed E-state index contributed by atoms with van der Waals surface area (Å²) in [4.78, 5) is 171. The number of carbonyl (C=O) groups is 12. The highest BCUT2D eigenvalue weighted by molar-refractivity contribution is 5.95. The molecule has 1 unspecified atom stereocenters. The van der Waals surface area contributed by atoms with Gasteiger partial charge in [-0.2, -0.15) is 0 Å². The number of unbranched alkanes of at least 4 members (excludes halogenated alkanes) is 2. The molecule has 0 saturated carbocycles. The Labute approximate surface area is 573 Å². The quantitative estimate of drug-likeness (QED) is 0.0198. The van der Waals surface area contributed by atoms with Crippen molar-refractivity contribution in [2.24, 2.45) is 5.73 Å². The lowest BCUT2D eigenvalue weighted by Crippen LogP contribution is -2.60. The van der Waals surface area contributed by atoms with Crippen molar-refractivity contribution in [3.63, 3.8) is 0 Å². The first-order valence-corrected chi connectivity index (χ1v) is 33.0. The zero-order valence-corrected chi connectivity index (χ0v) is 55.6. The average molecular weight is 1390 g/mol. The number of nitrogens with one attached hydrogen (secondary N) is 8. The Balaban J connectivity index is 1.37. The van der Waals surface area contributed by atoms with Crippen LogP contribution in [0.25, 0.3) is 0 Å². The van der Waals surface area contributed by atoms with Crippen LogP contribution in [0.5, 0.6) is 5.75 Å². The smallest absolute Gasteiger partial charge is 0.317 e. The number of phenolic OH excluding ortho intramolecular Hbond substituents is 1. The summed E-state index contributed by atoms with van der Waals surface area (Å²) in [7, 11) is 0. The number of nitrogens with two attached hydrogens (primary N) is 1. The summed E-state index contributed by atoms with van der Waals surface area (Å²) in [5.41, 5.74) is 6.92. The van der Waals surface area contributed by atoms with E-state index in [-0.39, 0.29) is 160 Å². The molecule has 1 fully saturated rings. The molecule has 15 N–H and O–H groups in total. The van der Waals surface area contributed by atoms with Crippen LogP contribution in [0.1, 0.15) is 75.3 Å². The van der Waals surface area contributed by atoms with E-state index in [1.165, 1.54) is 39.0 Å². The lowest BCUT2D eigenvalue weighted by Gasteiger charge is -2.38. The molecule has 4 aromatic rings. The number of imidazole rings is 2. The van der Waals surface area contributed by atoms with Gasteiger partial charge in [-0.25, -0.2) is 9.97 Å². The number of phenols is 1. The number of hydrogen-bond donors (Lipinski definition) is 14. The van der Waals surface area contributed by atoms with E-state index in [1.54, 1.807) is 81.8 Å². The number of carbonyl (C=O) groups excluding carboxylic acids is 8. The van der Waals surface area contributed by atoms with Crippen LogP contribution >= 0.6 is 0 Å². The van der Waals surface area contributed by atoms with Gasteiger partial charge < -0.3 is 82.9 Å². The summed E-state index contributed by atoms with van der Waals surface area (Å²) in [6.45, 7) is -0.314. The zero-order chi connectivity index (χ0) is 71.9. The van der Waals surface area contributed by atoms with Gasteiger partial charge >= 0.3 is 23.9 Å². The van der Waals surface area contributed by atoms with Crippen molar-refractivity contribution in [1.29, 1.82) is 0 Å². The maximum absolute atomic E-state index is 15.1. The van der Waals surface area contributed by atoms with Crippen molar-refractivity contribution in [2.45, 2.75) is 120 Å². The molecule has 2 aromatic carbocycles. The van der Waals surface area contributed by atoms with Crippen molar-refractivity contribution in [2.75, 3.05) is 105 Å². The van der Waals surface area contributed by atoms with E-state index in [9.17, 15) is 78.3 Å². The lowest BCUT2D eigenvalue weighted by molar-refractivity contribution is -0.142. The number of carboxylic acids is 4. The Kier molecular flexibility index (Phi) is 35.5. The molecule has 0 spiro atoms. The molecule has 34 nitrogen and oxygen atoms in total. The summed E-state index contributed by atoms with van der Waals surface area (Å²) >= 11 is 0. The van der Waals surface area contributed by atoms with Crippen LogP contribution in [-0.2, 0) is 83.5 Å². The van der Waals surface area contributed by atoms with Crippen molar-refractivity contribution in [3.05, 3.63) is 103 Å². The van der Waals surface area contributed by atoms with Gasteiger partial charge in [-0.3, -0.25) is 77.1 Å². The number of carboxylic acid groups (broad SMARTS) is 4. The third-order valence-electron chi connectivity index (χ3n) is 16.2. The van der Waals surface area contributed by atoms with Crippen LogP contribution in [0.15, 0.2) is 92.0 Å². The van der Waals surface area contributed by atoms with Crippen molar-refractivity contribution in [1.82, 2.24) is 81.2 Å². The number of hydrogen-bond acceptors (Lipinski definition) is 20. The third kappa shape index (κ3) is 33.3. The Morgan fingerprint density at radius 2 is 0.889 bits per heavy atom. The van der Waals surface area contributed by atoms with Gasteiger partial charge in [0.1, 0.15) is 23.9 Å². The van der Waals surface area contributed by atoms with Crippen molar-refractivity contribution in [3.8, 4) is 5.75 Å². The van der Waals surface area contributed by atoms with E-state index in [2.05, 4.69) is 52.5 Å². The zero-order valence-electron chi connectivity index (χ0n) is 55.6. The molecule has 5 rings (SSSR count). The van der Waals surface area contributed by atoms with Crippen LogP contribution in [0.3, 0.4) is 0 Å². The third-order valence-corrected chi connectivity index (χ3v) is 16.2. The summed E-state index contributed by atoms with van der Waals surface area (Å²) in [5.74, 6) is -9.73. The number of aliphatic carboxylic acids is 4. The number of primary amides is 1. The van der Waals surface area contributed by atoms with Crippen LogP contribution in [0.4, 0.5) is 0 Å². The summed E-state index contributed by atoms with van der Waals surface area (Å²) in [6.07, 6.45) is 10.4. The minimum atomic E-state index is -1.45. The van der Waals surface area contributed by atoms with Crippen LogP contribution in [0.2, 0.25) is 0 Å². The molecule has 2 aromatic heterocycles. The molecular weight excluding hydrogens is 1290 g/mol. The lowest BCUT2D eigenvalue weighted by atomic mass is 10.0. The van der Waals surface area contributed by atoms with E-state index in [0.717, 1.165) is 0 Å². The number of aromatic hydroxyl groups is 1. The van der Waals surface area contributed by atoms with Gasteiger partial charge in [0.2, 0.25) is 47.3 Å². The van der Waals surface area contributed by atoms with E-state index in [1.807, 2.05) is 0 Å². The van der Waals surface area contributed by atoms with Crippen LogP contribution in [-0.4, -0.2) is 270 Å². The molecular formula is C65H95N17O17. The minimum Gasteiger partial charge on any atom is -0.508 e. The van der Waals surface area contributed by atoms with Gasteiger partial charge in [0.05, 0.1) is 44.9 Å². The molecule has 8 amide bonds. The predicted molar refractivity (Wildman–Crippen MR) is 357 cm³/mol. The Hall–Kier alpha value is -9.90. The second-order valence-electron chi connectivity index (χ2n) is 24.1. The van der Waals surface area contributed by atoms with E-state index in [4.69, 9.17) is 5.73 Å². The summed E-state index contributed by atoms with van der Waals surface area (Å²) in [5, 5.41) is 72.6. The molecule has 1 aliphatic heterocycles. The second-order valence-corrected chi connectivity index (χ2v) is 24.1. The predicted octanol–water partition coefficient (Wildman–Crippen LogP) is -2.84. The molecule has 0 radical (unpaired) electrons. The number of rotatable bonds is 44. The topological polar surface area (TPSA) is 477 Å². The summed E-state index contributed by atoms with van der Waals surface area (Å²) < 4.78 is 3.58. The van der Waals surface area contributed by atoms with Gasteiger partial charge in [-0.1, -0.05) is 42.5 Å². The van der Waals surface area contributed by atoms with E-state index in [0.29, 0.717) is 43.7 Å². The Bertz CT molecular complexity index is 3200. The highest BCUT2D eigenvalue weighted by Crippen LogP contribution is 2.15. The molecule has 99 heavy (non-hydrogen) atoms. The Morgan fingerprint density at radius 1 is 0.475 bits per heavy atom. The number of benzene rings is 2. The van der Waals surface area contributed by atoms with Crippen LogP contribution in [0, 0.1) is 0 Å². The fourth-order valence-corrected chi connectivity index (χ4v) is 10.9. The normalized spacial score (nSPS) is 15.5. The maximum atomic E-state index is 15.1. The van der Waals surface area contributed by atoms with Gasteiger partial charge in [0.25, 0.3) is 0 Å². The SMILES string of the molecule is NC(=O)[C@@H](CCCCNC(=O)CCC(=O)NCCn1ccnc1)NC(=O)[C@@H](Cc1ccc(O)cc1)NC(=O)[C@@H](CCCCNC(=O)CCC(=O)NCCn1ccnc1)NC(=O)[C@@H](Cc1ccccc1)NCC1CN(CC(=O)O)CCN(CC(=O)O)CCN(CC(=O)O)CCN1CC(=O)O. The van der Waals surface area contributed by atoms with E-state index < -0.39 is 110 Å². The van der Waals surface area contributed by atoms with Gasteiger partial charge in [0.15, 0.2) is 0 Å². The molecule has 0 aliphatic carbocycles. The average Bonchev–Trinajstić information content (AvgIpc) is 1.64. The van der Waals surface area contributed by atoms with Crippen molar-refractivity contribution < 1.29 is 83.1 Å². The molecule has 1 saturated heterocycles. The largest absolute Gasteiger partial charge is 0.508 e. The Morgan fingerprint density at radius 3 is 1.37 bits per heavy atom. The van der Waals surface area contributed by atoms with Crippen LogP contribution < -0.4 is 48.3 Å². The first kappa shape index (κ1) is 79.8. The second kappa shape index (κ2) is 44.1. The summed E-state index contributed by atoms with van der Waals surface area (Å²) in [6, 6.07) is 8.21. The van der Waals surface area contributed by atoms with Gasteiger partial charge in [-0.05, 0) is 68.2 Å². The van der Waals surface area contributed by atoms with E-state index >= 15 is 4.79 Å². The monoisotopic (exact) mass is 1390 g/mol. The first-order valence-electron chi connectivity index (χ1n) is 33.0. The molecule has 5 atom stereocenters. The fourth-order valence-electron chi connectivity index (χ4n) is 10.9. The highest BCUT2D eigenvalue weighted by atomic mass is 16.4. The maximum Gasteiger partial charge on any atom is 0.317 e. The minimum absolute atomic E-state index is 0.00833. The van der Waals surface area contributed by atoms with Crippen molar-refractivity contribution >= 4 is 71.1 Å². The number of nitrogens with zero attached hydrogens (tertiary/aromatic N) is 8. The van der Waals surface area contributed by atoms with Gasteiger partial charge in [-0.15, -0.1) is 0 Å². The molecule has 3 heterocycles. The molecule has 34 heteroatoms. The standard InChI is InChI=1S/C65H95N17O17/c66-62(96)50(10-4-6-20-69-54(84)16-18-56(86)71-24-28-79-26-22-67-44-79)74-65(99)53(37-47-12-14-49(83)15-13-47)76-63(97)51(11-5-7-21-70-55(85)17-19-57(87)72-25-29-80-27-23-68-45-80)75-64(98)52(36-46-8-2-1-3-9-46)73-38-48-39-81(42-60(92)93)33-32-77(40-58(88)89)30-31-78(41-59(90)91)34-35-82(48)43-61(94)95/h1-3,8-9,12-15,22-23,26-27,44-45,48,50-53,73,83H,4-7,10-11,16-21,24-25,28-43H2,(H2,66,96)(H,69,84)(H,70,85)(H,71,86)(H,72,87)(H,74,99)(H,75,98)(H,76,97)(H,88,89)(H,90,91)(H,92,93)(H,94,95)/t48?,50-,51-,52-,53-/m1/s1. The molecule has 0 bridgehead atoms.